The predicted octanol–water partition coefficient (Wildman–Crippen LogP) is 15.3. The number of nitrogens with one attached hydrogen (secondary N) is 3. The number of nitrogens with zero attached hydrogens (tertiary/aromatic N) is 2. The van der Waals surface area contributed by atoms with Gasteiger partial charge in [-0.05, 0) is 145 Å². The molecule has 0 aliphatic rings. The lowest BCUT2D eigenvalue weighted by Gasteiger charge is -2.30. The number of hydrogen-bond donors (Lipinski definition) is 7. The van der Waals surface area contributed by atoms with Crippen LogP contribution in [0.4, 0.5) is 22.7 Å². The molecule has 7 N–H and O–H groups in total. The number of thioether (sulfide) groups is 1. The molecule has 0 fully saturated rings. The van der Waals surface area contributed by atoms with Gasteiger partial charge >= 0.3 is 5.97 Å². The van der Waals surface area contributed by atoms with Crippen molar-refractivity contribution < 1.29 is 75.0 Å². The number of anilines is 2. The fourth-order valence-corrected chi connectivity index (χ4v) is 12.4. The van der Waals surface area contributed by atoms with Gasteiger partial charge in [0.15, 0.2) is 5.75 Å². The summed E-state index contributed by atoms with van der Waals surface area (Å²) in [5.41, 5.74) is 4.11. The number of hydrogen-bond acceptors (Lipinski definition) is 18. The molecular weight excluding hydrogens is 1280 g/mol. The first-order valence-electron chi connectivity index (χ1n) is 30.3. The van der Waals surface area contributed by atoms with Crippen LogP contribution in [0, 0.1) is 13.8 Å². The Balaban J connectivity index is 0.000000342. The number of carbonyl (C=O) groups is 4. The van der Waals surface area contributed by atoms with E-state index in [9.17, 15) is 60.4 Å². The number of aryl methyl sites for hydroxylation is 2. The first-order valence-corrected chi connectivity index (χ1v) is 34.1. The van der Waals surface area contributed by atoms with Crippen molar-refractivity contribution in [3.05, 3.63) is 173 Å². The number of carboxylic acid groups (broad SMARTS) is 1. The van der Waals surface area contributed by atoms with Crippen LogP contribution in [-0.2, 0) is 40.7 Å². The number of rotatable bonds is 24. The van der Waals surface area contributed by atoms with Crippen molar-refractivity contribution in [2.45, 2.75) is 120 Å². The monoisotopic (exact) mass is 1350 g/mol. The summed E-state index contributed by atoms with van der Waals surface area (Å²) in [6.07, 6.45) is 3.26. The average Bonchev–Trinajstić information content (AvgIpc) is 0.764. The van der Waals surface area contributed by atoms with Crippen molar-refractivity contribution in [3.8, 4) is 34.5 Å². The average molecular weight is 1350 g/mol. The third-order valence-corrected chi connectivity index (χ3v) is 19.1. The Bertz CT molecular complexity index is 4710. The van der Waals surface area contributed by atoms with E-state index in [0.29, 0.717) is 59.7 Å². The molecule has 0 atom stereocenters. The number of ether oxygens (including phenoxy) is 2. The number of carboxylic acids is 1. The third kappa shape index (κ3) is 17.2. The van der Waals surface area contributed by atoms with Gasteiger partial charge in [-0.2, -0.15) is 5.11 Å². The van der Waals surface area contributed by atoms with E-state index in [1.165, 1.54) is 53.2 Å². The number of phenolic OH excluding ortho intramolecular Hbond substituents is 3. The SMILES string of the molecule is CCC(C)(C)c1ccc(OCCCCNC(=O)c2cc(Oc3ccc(N=Nc4c(S(=O)(=O)[O-])cc5cc(S(=O)(=O)[O-])cc(NC(C)=O)c5c4O)cc3)c3ccccc3c2O)c(C(C)(C)CC)c1.Cc1ccc(C)c(NC(=O)c2cc(SCCC(=O)O)c3ccccc3c2O)c1. The number of aromatic hydroxyl groups is 3. The number of benzene rings is 9. The molecule has 0 aliphatic heterocycles. The van der Waals surface area contributed by atoms with Crippen molar-refractivity contribution in [3.63, 3.8) is 0 Å². The summed E-state index contributed by atoms with van der Waals surface area (Å²) >= 11 is 1.36. The summed E-state index contributed by atoms with van der Waals surface area (Å²) in [4.78, 5) is 48.0. The van der Waals surface area contributed by atoms with Gasteiger partial charge in [0, 0.05) is 56.9 Å². The molecule has 0 saturated carbocycles. The van der Waals surface area contributed by atoms with E-state index in [0.717, 1.165) is 59.1 Å². The van der Waals surface area contributed by atoms with Crippen LogP contribution in [0.15, 0.2) is 164 Å². The van der Waals surface area contributed by atoms with Gasteiger partial charge in [0.1, 0.15) is 54.7 Å². The Morgan fingerprint density at radius 3 is 1.88 bits per heavy atom. The maximum atomic E-state index is 13.5. The minimum Gasteiger partial charge on any atom is -0.744 e. The molecule has 9 rings (SSSR count). The summed E-state index contributed by atoms with van der Waals surface area (Å²) < 4.78 is 85.0. The summed E-state index contributed by atoms with van der Waals surface area (Å²) in [7, 11) is -10.5. The van der Waals surface area contributed by atoms with Crippen LogP contribution in [-0.4, -0.2) is 89.0 Å². The van der Waals surface area contributed by atoms with Gasteiger partial charge < -0.3 is 55.0 Å². The first kappa shape index (κ1) is 71.3. The zero-order valence-corrected chi connectivity index (χ0v) is 56.2. The Hall–Kier alpha value is -9.59. The number of azo groups is 1. The van der Waals surface area contributed by atoms with Crippen LogP contribution in [0.5, 0.6) is 34.5 Å². The lowest BCUT2D eigenvalue weighted by atomic mass is 9.76. The summed E-state index contributed by atoms with van der Waals surface area (Å²) in [6, 6.07) is 37.4. The van der Waals surface area contributed by atoms with E-state index in [1.807, 2.05) is 44.2 Å². The quantitative estimate of drug-likeness (QED) is 0.0128. The largest absolute Gasteiger partial charge is 0.744 e. The zero-order valence-electron chi connectivity index (χ0n) is 53.7. The molecule has 0 aliphatic carbocycles. The third-order valence-electron chi connectivity index (χ3n) is 16.4. The van der Waals surface area contributed by atoms with E-state index in [-0.39, 0.29) is 73.5 Å². The lowest BCUT2D eigenvalue weighted by Crippen LogP contribution is -2.25. The molecule has 0 saturated heterocycles. The van der Waals surface area contributed by atoms with Crippen molar-refractivity contribution >= 4 is 111 Å². The van der Waals surface area contributed by atoms with E-state index in [4.69, 9.17) is 14.6 Å². The number of unbranched alkanes of at least 4 members (excludes halogenated alkanes) is 1. The number of amides is 3. The fourth-order valence-electron chi connectivity index (χ4n) is 10.2. The first-order chi connectivity index (χ1) is 44.8. The molecule has 21 nitrogen and oxygen atoms in total. The summed E-state index contributed by atoms with van der Waals surface area (Å²) in [6.45, 7) is 19.0. The van der Waals surface area contributed by atoms with Gasteiger partial charge in [0.05, 0.1) is 45.3 Å². The number of fused-ring (bicyclic) bond motifs is 3. The van der Waals surface area contributed by atoms with E-state index < -0.39 is 65.2 Å². The van der Waals surface area contributed by atoms with Crippen LogP contribution in [0.3, 0.4) is 0 Å². The van der Waals surface area contributed by atoms with Crippen LogP contribution < -0.4 is 25.4 Å². The van der Waals surface area contributed by atoms with Gasteiger partial charge in [-0.3, -0.25) is 19.2 Å². The lowest BCUT2D eigenvalue weighted by molar-refractivity contribution is -0.136. The van der Waals surface area contributed by atoms with Crippen molar-refractivity contribution in [1.82, 2.24) is 5.32 Å². The molecule has 0 heterocycles. The van der Waals surface area contributed by atoms with Gasteiger partial charge in [-0.25, -0.2) is 16.8 Å². The maximum absolute atomic E-state index is 13.5. The maximum Gasteiger partial charge on any atom is 0.304 e. The standard InChI is InChI=1S/C49H54N4O12S2.C22H21NO4S/c1-8-48(4,5)31-16-21-40(38(26-31)49(6,7)9-2)64-23-13-12-22-50-47(57)37-28-41(35-14-10-11-15-36(35)45(37)55)65-33-19-17-32(18-20-33)52-53-44-42(67(61,62)63)25-30-24-34(66(58,59)60)27-39(51-29(3)54)43(30)46(44)56;1-13-7-8-14(2)18(11-13)23-22(27)17-12-19(28-10-9-20(24)25)15-5-3-4-6-16(15)21(17)26/h10-11,14-21,24-28,55-56H,8-9,12-13,22-23H2,1-7H3,(H,50,57)(H,51,54)(H,58,59,60)(H,61,62,63);3-8,11-12,26H,9-10H2,1-2H3,(H,23,27)(H,24,25)/p-2. The normalized spacial score (nSPS) is 11.9. The van der Waals surface area contributed by atoms with Gasteiger partial charge in [-0.1, -0.05) is 114 Å². The molecule has 0 bridgehead atoms. The number of aliphatic carboxylic acids is 1. The molecule has 95 heavy (non-hydrogen) atoms. The Kier molecular flexibility index (Phi) is 22.3. The van der Waals surface area contributed by atoms with Crippen LogP contribution >= 0.6 is 11.8 Å². The smallest absolute Gasteiger partial charge is 0.304 e. The molecule has 3 amide bonds. The molecular formula is C71H73N5O16S3-2. The highest BCUT2D eigenvalue weighted by atomic mass is 32.2. The van der Waals surface area contributed by atoms with Crippen molar-refractivity contribution in [2.75, 3.05) is 29.5 Å². The number of phenols is 3. The van der Waals surface area contributed by atoms with Crippen LogP contribution in [0.25, 0.3) is 32.3 Å². The molecule has 0 unspecified atom stereocenters. The number of carbonyl (C=O) groups excluding carboxylic acids is 3. The van der Waals surface area contributed by atoms with E-state index in [2.05, 4.69) is 85.9 Å². The predicted molar refractivity (Wildman–Crippen MR) is 365 cm³/mol. The molecule has 0 spiro atoms. The van der Waals surface area contributed by atoms with Gasteiger partial charge in [0.2, 0.25) is 5.91 Å². The molecule has 9 aromatic rings. The van der Waals surface area contributed by atoms with Crippen molar-refractivity contribution in [1.29, 1.82) is 0 Å². The highest BCUT2D eigenvalue weighted by molar-refractivity contribution is 7.99. The van der Waals surface area contributed by atoms with Gasteiger partial charge in [0.25, 0.3) is 11.8 Å². The zero-order chi connectivity index (χ0) is 69.3. The second-order valence-corrected chi connectivity index (χ2v) is 27.8. The second-order valence-electron chi connectivity index (χ2n) is 23.9. The fraction of sp³-hybridized carbons (Fsp3) is 0.268. The molecule has 0 radical (unpaired) electrons. The highest BCUT2D eigenvalue weighted by Gasteiger charge is 2.28. The van der Waals surface area contributed by atoms with Crippen LogP contribution in [0.1, 0.15) is 124 Å². The topological polar surface area (TPSA) is 343 Å². The minimum atomic E-state index is -5.39. The second kappa shape index (κ2) is 29.8. The van der Waals surface area contributed by atoms with E-state index >= 15 is 0 Å². The van der Waals surface area contributed by atoms with Gasteiger partial charge in [-0.15, -0.1) is 16.9 Å². The van der Waals surface area contributed by atoms with E-state index in [1.54, 1.807) is 42.5 Å². The molecule has 9 aromatic carbocycles. The highest BCUT2D eigenvalue weighted by Crippen LogP contribution is 2.46. The Labute approximate surface area is 555 Å². The molecule has 498 valence electrons. The van der Waals surface area contributed by atoms with Crippen LogP contribution in [0.2, 0.25) is 0 Å². The summed E-state index contributed by atoms with van der Waals surface area (Å²) in [5, 5.41) is 59.4. The Morgan fingerprint density at radius 1 is 0.632 bits per heavy atom. The van der Waals surface area contributed by atoms with Crippen molar-refractivity contribution in [2.24, 2.45) is 10.2 Å². The minimum absolute atomic E-state index is 0.0104. The molecule has 0 aromatic heterocycles. The molecule has 24 heteroatoms. The summed E-state index contributed by atoms with van der Waals surface area (Å²) in [5.74, 6) is -2.03. The Morgan fingerprint density at radius 2 is 1.26 bits per heavy atom.